The van der Waals surface area contributed by atoms with E-state index in [9.17, 15) is 13.9 Å². The van der Waals surface area contributed by atoms with Crippen molar-refractivity contribution in [3.63, 3.8) is 0 Å². The molecule has 1 aromatic carbocycles. The van der Waals surface area contributed by atoms with Crippen molar-refractivity contribution in [2.45, 2.75) is 24.8 Å². The average Bonchev–Trinajstić information content (AvgIpc) is 2.07. The molecule has 0 saturated heterocycles. The molecular weight excluding hydrogens is 188 g/mol. The Kier molecular flexibility index (Phi) is 1.96. The SMILES string of the molecule is NC1(c2cc(F)cc(F)c2O)CCC1. The standard InChI is InChI=1S/C10H11F2NO/c11-6-4-7(9(14)8(12)5-6)10(13)2-1-3-10/h4-5,14H,1-3,13H2. The fraction of sp³-hybridized carbons (Fsp3) is 0.400. The third kappa shape index (κ3) is 1.26. The lowest BCUT2D eigenvalue weighted by atomic mass is 9.72. The number of aromatic hydroxyl groups is 1. The largest absolute Gasteiger partial charge is 0.505 e. The second kappa shape index (κ2) is 2.92. The van der Waals surface area contributed by atoms with E-state index in [1.165, 1.54) is 0 Å². The van der Waals surface area contributed by atoms with Crippen LogP contribution in [-0.4, -0.2) is 5.11 Å². The summed E-state index contributed by atoms with van der Waals surface area (Å²) in [5.41, 5.74) is 5.31. The quantitative estimate of drug-likeness (QED) is 0.726. The molecule has 2 nitrogen and oxygen atoms in total. The molecule has 76 valence electrons. The van der Waals surface area contributed by atoms with Crippen molar-refractivity contribution in [3.8, 4) is 5.75 Å². The number of hydrogen-bond acceptors (Lipinski definition) is 2. The fourth-order valence-corrected chi connectivity index (χ4v) is 1.77. The molecule has 1 aromatic rings. The Morgan fingerprint density at radius 2 is 1.93 bits per heavy atom. The van der Waals surface area contributed by atoms with Gasteiger partial charge in [0.1, 0.15) is 5.82 Å². The van der Waals surface area contributed by atoms with Crippen LogP contribution in [0, 0.1) is 11.6 Å². The fourth-order valence-electron chi connectivity index (χ4n) is 1.77. The second-order valence-corrected chi connectivity index (χ2v) is 3.79. The molecule has 0 amide bonds. The molecule has 2 rings (SSSR count). The molecule has 1 aliphatic rings. The molecule has 0 aliphatic heterocycles. The number of phenols is 1. The predicted octanol–water partition coefficient (Wildman–Crippen LogP) is 2.01. The van der Waals surface area contributed by atoms with Gasteiger partial charge in [0.2, 0.25) is 0 Å². The number of phenolic OH excluding ortho intramolecular Hbond substituents is 1. The van der Waals surface area contributed by atoms with Crippen molar-refractivity contribution in [2.24, 2.45) is 5.73 Å². The van der Waals surface area contributed by atoms with Gasteiger partial charge in [-0.05, 0) is 25.3 Å². The molecule has 1 fully saturated rings. The van der Waals surface area contributed by atoms with Crippen LogP contribution in [-0.2, 0) is 5.54 Å². The van der Waals surface area contributed by atoms with Gasteiger partial charge in [-0.15, -0.1) is 0 Å². The Hall–Kier alpha value is -1.16. The van der Waals surface area contributed by atoms with E-state index in [4.69, 9.17) is 5.73 Å². The summed E-state index contributed by atoms with van der Waals surface area (Å²) >= 11 is 0. The van der Waals surface area contributed by atoms with Crippen LogP contribution in [0.25, 0.3) is 0 Å². The Labute approximate surface area is 80.4 Å². The van der Waals surface area contributed by atoms with Crippen LogP contribution in [0.5, 0.6) is 5.75 Å². The first kappa shape index (κ1) is 9.40. The zero-order chi connectivity index (χ0) is 10.3. The van der Waals surface area contributed by atoms with Crippen molar-refractivity contribution >= 4 is 0 Å². The molecule has 14 heavy (non-hydrogen) atoms. The zero-order valence-corrected chi connectivity index (χ0v) is 7.56. The average molecular weight is 199 g/mol. The first-order chi connectivity index (χ1) is 6.53. The molecule has 1 aliphatic carbocycles. The minimum absolute atomic E-state index is 0.182. The van der Waals surface area contributed by atoms with E-state index in [2.05, 4.69) is 0 Å². The van der Waals surface area contributed by atoms with Crippen LogP contribution >= 0.6 is 0 Å². The highest BCUT2D eigenvalue weighted by molar-refractivity contribution is 5.40. The summed E-state index contributed by atoms with van der Waals surface area (Å²) in [6, 6.07) is 1.76. The normalized spacial score (nSPS) is 19.1. The van der Waals surface area contributed by atoms with Gasteiger partial charge in [-0.2, -0.15) is 0 Å². The molecule has 0 heterocycles. The summed E-state index contributed by atoms with van der Waals surface area (Å²) in [7, 11) is 0. The number of nitrogens with two attached hydrogens (primary N) is 1. The molecule has 4 heteroatoms. The number of hydrogen-bond donors (Lipinski definition) is 2. The summed E-state index contributed by atoms with van der Waals surface area (Å²) < 4.78 is 25.9. The van der Waals surface area contributed by atoms with E-state index in [0.29, 0.717) is 18.9 Å². The molecule has 3 N–H and O–H groups in total. The Balaban J connectivity index is 2.51. The first-order valence-corrected chi connectivity index (χ1v) is 4.50. The Morgan fingerprint density at radius 1 is 1.29 bits per heavy atom. The maximum Gasteiger partial charge on any atom is 0.168 e. The van der Waals surface area contributed by atoms with Crippen molar-refractivity contribution in [3.05, 3.63) is 29.3 Å². The summed E-state index contributed by atoms with van der Waals surface area (Å²) in [6.45, 7) is 0. The number of benzene rings is 1. The van der Waals surface area contributed by atoms with Gasteiger partial charge in [-0.3, -0.25) is 0 Å². The van der Waals surface area contributed by atoms with Gasteiger partial charge in [0, 0.05) is 17.2 Å². The maximum absolute atomic E-state index is 13.0. The summed E-state index contributed by atoms with van der Waals surface area (Å²) in [6.07, 6.45) is 2.24. The molecular formula is C10H11F2NO. The van der Waals surface area contributed by atoms with E-state index < -0.39 is 22.9 Å². The topological polar surface area (TPSA) is 46.2 Å². The summed E-state index contributed by atoms with van der Waals surface area (Å²) in [5.74, 6) is -2.17. The van der Waals surface area contributed by atoms with Gasteiger partial charge in [0.15, 0.2) is 11.6 Å². The van der Waals surface area contributed by atoms with Crippen LogP contribution in [0.15, 0.2) is 12.1 Å². The molecule has 0 unspecified atom stereocenters. The van der Waals surface area contributed by atoms with Crippen molar-refractivity contribution in [2.75, 3.05) is 0 Å². The Morgan fingerprint density at radius 3 is 2.43 bits per heavy atom. The third-order valence-corrected chi connectivity index (χ3v) is 2.81. The van der Waals surface area contributed by atoms with Gasteiger partial charge in [0.05, 0.1) is 0 Å². The van der Waals surface area contributed by atoms with Crippen LogP contribution in [0.1, 0.15) is 24.8 Å². The van der Waals surface area contributed by atoms with Gasteiger partial charge < -0.3 is 10.8 Å². The molecule has 0 radical (unpaired) electrons. The predicted molar refractivity (Wildman–Crippen MR) is 47.7 cm³/mol. The van der Waals surface area contributed by atoms with E-state index >= 15 is 0 Å². The van der Waals surface area contributed by atoms with E-state index in [0.717, 1.165) is 12.5 Å². The minimum Gasteiger partial charge on any atom is -0.505 e. The van der Waals surface area contributed by atoms with Crippen LogP contribution in [0.2, 0.25) is 0 Å². The lowest BCUT2D eigenvalue weighted by Crippen LogP contribution is -2.43. The van der Waals surface area contributed by atoms with Gasteiger partial charge >= 0.3 is 0 Å². The van der Waals surface area contributed by atoms with Gasteiger partial charge in [0.25, 0.3) is 0 Å². The molecule has 0 aromatic heterocycles. The molecule has 0 spiro atoms. The summed E-state index contributed by atoms with van der Waals surface area (Å²) in [4.78, 5) is 0. The van der Waals surface area contributed by atoms with E-state index in [-0.39, 0.29) is 5.56 Å². The number of halogens is 2. The van der Waals surface area contributed by atoms with Crippen molar-refractivity contribution in [1.82, 2.24) is 0 Å². The Bertz CT molecular complexity index is 375. The molecule has 0 atom stereocenters. The lowest BCUT2D eigenvalue weighted by molar-refractivity contribution is 0.241. The molecule has 1 saturated carbocycles. The van der Waals surface area contributed by atoms with Crippen LogP contribution < -0.4 is 5.73 Å². The second-order valence-electron chi connectivity index (χ2n) is 3.79. The number of rotatable bonds is 1. The van der Waals surface area contributed by atoms with Crippen LogP contribution in [0.4, 0.5) is 8.78 Å². The van der Waals surface area contributed by atoms with Crippen LogP contribution in [0.3, 0.4) is 0 Å². The minimum atomic E-state index is -0.947. The molecule has 0 bridgehead atoms. The van der Waals surface area contributed by atoms with E-state index in [1.807, 2.05) is 0 Å². The third-order valence-electron chi connectivity index (χ3n) is 2.81. The summed E-state index contributed by atoms with van der Waals surface area (Å²) in [5, 5.41) is 9.40. The highest BCUT2D eigenvalue weighted by atomic mass is 19.1. The smallest absolute Gasteiger partial charge is 0.168 e. The monoisotopic (exact) mass is 199 g/mol. The zero-order valence-electron chi connectivity index (χ0n) is 7.56. The highest BCUT2D eigenvalue weighted by Gasteiger charge is 2.37. The maximum atomic E-state index is 13.0. The van der Waals surface area contributed by atoms with Gasteiger partial charge in [-0.1, -0.05) is 0 Å². The first-order valence-electron chi connectivity index (χ1n) is 4.50. The van der Waals surface area contributed by atoms with Crippen molar-refractivity contribution in [1.29, 1.82) is 0 Å². The van der Waals surface area contributed by atoms with E-state index in [1.54, 1.807) is 0 Å². The van der Waals surface area contributed by atoms with Gasteiger partial charge in [-0.25, -0.2) is 8.78 Å². The highest BCUT2D eigenvalue weighted by Crippen LogP contribution is 2.43. The van der Waals surface area contributed by atoms with Crippen molar-refractivity contribution < 1.29 is 13.9 Å². The lowest BCUT2D eigenvalue weighted by Gasteiger charge is -2.38.